The first-order valence-corrected chi connectivity index (χ1v) is 10.2. The largest absolute Gasteiger partial charge is 0.457 e. The van der Waals surface area contributed by atoms with Gasteiger partial charge in [0, 0.05) is 24.7 Å². The molecule has 1 aliphatic heterocycles. The van der Waals surface area contributed by atoms with E-state index in [1.807, 2.05) is 59.3 Å². The Bertz CT molecular complexity index is 1160. The van der Waals surface area contributed by atoms with Crippen molar-refractivity contribution < 1.29 is 4.74 Å². The van der Waals surface area contributed by atoms with Gasteiger partial charge in [0.1, 0.15) is 29.3 Å². The fourth-order valence-corrected chi connectivity index (χ4v) is 3.82. The van der Waals surface area contributed by atoms with E-state index in [9.17, 15) is 0 Å². The normalized spacial score (nSPS) is 14.9. The lowest BCUT2D eigenvalue weighted by atomic mass is 10.1. The van der Waals surface area contributed by atoms with Crippen molar-refractivity contribution in [3.8, 4) is 22.8 Å². The fraction of sp³-hybridized carbons (Fsp3) is 0.261. The lowest BCUT2D eigenvalue weighted by Crippen LogP contribution is -2.51. The molecule has 4 aromatic rings. The van der Waals surface area contributed by atoms with Crippen molar-refractivity contribution >= 4 is 16.9 Å². The molecule has 0 amide bonds. The molecule has 5 rings (SSSR count). The van der Waals surface area contributed by atoms with Gasteiger partial charge in [-0.3, -0.25) is 4.90 Å². The van der Waals surface area contributed by atoms with E-state index in [0.717, 1.165) is 46.9 Å². The number of nitrogens with zero attached hydrogens (tertiary/aromatic N) is 5. The maximum Gasteiger partial charge on any atom is 0.164 e. The molecule has 30 heavy (non-hydrogen) atoms. The molecule has 2 aromatic carbocycles. The van der Waals surface area contributed by atoms with Crippen molar-refractivity contribution in [3.63, 3.8) is 0 Å². The first-order chi connectivity index (χ1) is 14.6. The second-order valence-corrected chi connectivity index (χ2v) is 7.89. The van der Waals surface area contributed by atoms with Gasteiger partial charge in [-0.15, -0.1) is 0 Å². The Balaban J connectivity index is 1.48. The zero-order chi connectivity index (χ0) is 20.7. The first-order valence-electron chi connectivity index (χ1n) is 10.2. The summed E-state index contributed by atoms with van der Waals surface area (Å²) in [6.45, 7) is 6.34. The SMILES string of the molecule is CC(C)N1CC(n2nc(-c3ccc(Oc4ccccc4)cc3)c3c(N)ncnc32)C1. The molecule has 1 fully saturated rings. The summed E-state index contributed by atoms with van der Waals surface area (Å²) in [5.74, 6) is 2.02. The second-order valence-electron chi connectivity index (χ2n) is 7.89. The van der Waals surface area contributed by atoms with Crippen LogP contribution in [0.5, 0.6) is 11.5 Å². The van der Waals surface area contributed by atoms with Gasteiger partial charge in [0.2, 0.25) is 0 Å². The molecule has 7 nitrogen and oxygen atoms in total. The minimum atomic E-state index is 0.290. The molecule has 7 heteroatoms. The topological polar surface area (TPSA) is 82.1 Å². The Labute approximate surface area is 175 Å². The number of benzene rings is 2. The van der Waals surface area contributed by atoms with Crippen LogP contribution < -0.4 is 10.5 Å². The Morgan fingerprint density at radius 1 is 0.967 bits per heavy atom. The third-order valence-corrected chi connectivity index (χ3v) is 5.59. The van der Waals surface area contributed by atoms with E-state index in [1.54, 1.807) is 0 Å². The first kappa shape index (κ1) is 18.6. The molecule has 0 bridgehead atoms. The summed E-state index contributed by atoms with van der Waals surface area (Å²) in [6.07, 6.45) is 1.51. The minimum absolute atomic E-state index is 0.290. The Morgan fingerprint density at radius 3 is 2.37 bits per heavy atom. The summed E-state index contributed by atoms with van der Waals surface area (Å²) >= 11 is 0. The summed E-state index contributed by atoms with van der Waals surface area (Å²) in [4.78, 5) is 11.1. The van der Waals surface area contributed by atoms with E-state index in [2.05, 4.69) is 28.7 Å². The number of likely N-dealkylation sites (tertiary alicyclic amines) is 1. The van der Waals surface area contributed by atoms with Crippen molar-refractivity contribution in [2.45, 2.75) is 25.9 Å². The van der Waals surface area contributed by atoms with Gasteiger partial charge in [0.05, 0.1) is 11.4 Å². The molecular weight excluding hydrogens is 376 g/mol. The van der Waals surface area contributed by atoms with Crippen LogP contribution in [0.15, 0.2) is 60.9 Å². The number of anilines is 1. The minimum Gasteiger partial charge on any atom is -0.457 e. The maximum absolute atomic E-state index is 6.24. The number of nitrogens with two attached hydrogens (primary N) is 1. The van der Waals surface area contributed by atoms with Crippen molar-refractivity contribution in [2.75, 3.05) is 18.8 Å². The molecule has 1 saturated heterocycles. The number of fused-ring (bicyclic) bond motifs is 1. The maximum atomic E-state index is 6.24. The van der Waals surface area contributed by atoms with Gasteiger partial charge in [-0.05, 0) is 50.2 Å². The number of hydrogen-bond donors (Lipinski definition) is 1. The standard InChI is InChI=1S/C23H24N6O/c1-15(2)28-12-17(13-28)29-23-20(22(24)25-14-26-23)21(27-29)16-8-10-19(11-9-16)30-18-6-4-3-5-7-18/h3-11,14-15,17H,12-13H2,1-2H3,(H2,24,25,26). The van der Waals surface area contributed by atoms with E-state index in [1.165, 1.54) is 6.33 Å². The predicted octanol–water partition coefficient (Wildman–Crippen LogP) is 4.13. The molecule has 3 heterocycles. The molecule has 2 aromatic heterocycles. The average Bonchev–Trinajstić information content (AvgIpc) is 3.09. The van der Waals surface area contributed by atoms with Crippen LogP contribution in [0.3, 0.4) is 0 Å². The molecule has 152 valence electrons. The highest BCUT2D eigenvalue weighted by molar-refractivity contribution is 5.98. The molecule has 0 radical (unpaired) electrons. The fourth-order valence-electron chi connectivity index (χ4n) is 3.82. The van der Waals surface area contributed by atoms with Crippen LogP contribution in [0, 0.1) is 0 Å². The van der Waals surface area contributed by atoms with Gasteiger partial charge in [0.15, 0.2) is 5.65 Å². The predicted molar refractivity (Wildman–Crippen MR) is 117 cm³/mol. The van der Waals surface area contributed by atoms with Gasteiger partial charge in [-0.25, -0.2) is 14.6 Å². The van der Waals surface area contributed by atoms with Crippen LogP contribution in [0.25, 0.3) is 22.3 Å². The second kappa shape index (κ2) is 7.42. The number of nitrogen functional groups attached to an aromatic ring is 1. The van der Waals surface area contributed by atoms with E-state index in [0.29, 0.717) is 17.9 Å². The van der Waals surface area contributed by atoms with E-state index in [-0.39, 0.29) is 0 Å². The quantitative estimate of drug-likeness (QED) is 0.542. The van der Waals surface area contributed by atoms with Crippen molar-refractivity contribution in [2.24, 2.45) is 0 Å². The highest BCUT2D eigenvalue weighted by Gasteiger charge is 2.33. The number of rotatable bonds is 5. The Kier molecular flexibility index (Phi) is 4.59. The van der Waals surface area contributed by atoms with Gasteiger partial charge >= 0.3 is 0 Å². The third kappa shape index (κ3) is 3.27. The molecule has 0 spiro atoms. The van der Waals surface area contributed by atoms with Gasteiger partial charge in [-0.1, -0.05) is 18.2 Å². The van der Waals surface area contributed by atoms with Crippen LogP contribution in [-0.4, -0.2) is 43.8 Å². The number of hydrogen-bond acceptors (Lipinski definition) is 6. The summed E-state index contributed by atoms with van der Waals surface area (Å²) in [5, 5.41) is 5.72. The lowest BCUT2D eigenvalue weighted by Gasteiger charge is -2.41. The van der Waals surface area contributed by atoms with Crippen LogP contribution in [-0.2, 0) is 0 Å². The van der Waals surface area contributed by atoms with Crippen LogP contribution in [0.1, 0.15) is 19.9 Å². The van der Waals surface area contributed by atoms with Crippen LogP contribution in [0.2, 0.25) is 0 Å². The van der Waals surface area contributed by atoms with Crippen molar-refractivity contribution in [3.05, 3.63) is 60.9 Å². The Hall–Kier alpha value is -3.45. The number of para-hydroxylation sites is 1. The molecule has 0 atom stereocenters. The number of aromatic nitrogens is 4. The summed E-state index contributed by atoms with van der Waals surface area (Å²) in [6, 6.07) is 18.4. The summed E-state index contributed by atoms with van der Waals surface area (Å²) < 4.78 is 7.91. The van der Waals surface area contributed by atoms with Crippen LogP contribution in [0.4, 0.5) is 5.82 Å². The van der Waals surface area contributed by atoms with E-state index < -0.39 is 0 Å². The zero-order valence-electron chi connectivity index (χ0n) is 17.1. The molecule has 0 aliphatic carbocycles. The monoisotopic (exact) mass is 400 g/mol. The lowest BCUT2D eigenvalue weighted by molar-refractivity contribution is 0.0698. The highest BCUT2D eigenvalue weighted by Crippen LogP contribution is 2.35. The van der Waals surface area contributed by atoms with Gasteiger partial charge < -0.3 is 10.5 Å². The highest BCUT2D eigenvalue weighted by atomic mass is 16.5. The third-order valence-electron chi connectivity index (χ3n) is 5.59. The average molecular weight is 400 g/mol. The number of ether oxygens (including phenoxy) is 1. The molecule has 0 unspecified atom stereocenters. The van der Waals surface area contributed by atoms with E-state index >= 15 is 0 Å². The van der Waals surface area contributed by atoms with Gasteiger partial charge in [0.25, 0.3) is 0 Å². The van der Waals surface area contributed by atoms with Gasteiger partial charge in [-0.2, -0.15) is 5.10 Å². The molecule has 2 N–H and O–H groups in total. The zero-order valence-corrected chi connectivity index (χ0v) is 17.1. The molecular formula is C23H24N6O. The molecule has 1 aliphatic rings. The van der Waals surface area contributed by atoms with Crippen molar-refractivity contribution in [1.29, 1.82) is 0 Å². The van der Waals surface area contributed by atoms with Crippen molar-refractivity contribution in [1.82, 2.24) is 24.6 Å². The Morgan fingerprint density at radius 2 is 1.67 bits per heavy atom. The van der Waals surface area contributed by atoms with Crippen LogP contribution >= 0.6 is 0 Å². The summed E-state index contributed by atoms with van der Waals surface area (Å²) in [5.41, 5.74) is 8.78. The molecule has 0 saturated carbocycles. The summed E-state index contributed by atoms with van der Waals surface area (Å²) in [7, 11) is 0. The van der Waals surface area contributed by atoms with E-state index in [4.69, 9.17) is 15.6 Å². The smallest absolute Gasteiger partial charge is 0.164 e.